The van der Waals surface area contributed by atoms with Gasteiger partial charge in [-0.25, -0.2) is 0 Å². The molecule has 0 radical (unpaired) electrons. The summed E-state index contributed by atoms with van der Waals surface area (Å²) < 4.78 is 0. The highest BCUT2D eigenvalue weighted by Gasteiger charge is 2.59. The maximum atomic E-state index is 11.8. The number of fused-ring (bicyclic) bond motifs is 5. The van der Waals surface area contributed by atoms with E-state index in [1.54, 1.807) is 5.57 Å². The van der Waals surface area contributed by atoms with Crippen LogP contribution >= 0.6 is 0 Å². The summed E-state index contributed by atoms with van der Waals surface area (Å²) in [4.78, 5) is 11.8. The molecule has 4 aliphatic rings. The second kappa shape index (κ2) is 7.56. The van der Waals surface area contributed by atoms with Crippen LogP contribution in [0.25, 0.3) is 0 Å². The van der Waals surface area contributed by atoms with Crippen LogP contribution < -0.4 is 0 Å². The van der Waals surface area contributed by atoms with Gasteiger partial charge in [-0.15, -0.1) is 0 Å². The molecule has 0 heterocycles. The number of carbonyl (C=O) groups excluding carboxylic acids is 1. The number of Topliss-reactive ketones (excluding diaryl/α,β-unsaturated/α-hetero) is 1. The lowest BCUT2D eigenvalue weighted by atomic mass is 9.47. The number of aliphatic hydroxyl groups excluding tert-OH is 1. The molecule has 2 heteroatoms. The lowest BCUT2D eigenvalue weighted by Gasteiger charge is -2.58. The summed E-state index contributed by atoms with van der Waals surface area (Å²) in [5.41, 5.74) is 2.41. The number of hydrogen-bond donors (Lipinski definition) is 1. The third-order valence-electron chi connectivity index (χ3n) is 10.1. The fourth-order valence-electron chi connectivity index (χ4n) is 8.38. The minimum Gasteiger partial charge on any atom is -0.393 e. The van der Waals surface area contributed by atoms with Gasteiger partial charge in [-0.3, -0.25) is 4.79 Å². The van der Waals surface area contributed by atoms with Crippen LogP contribution in [-0.2, 0) is 4.79 Å². The highest BCUT2D eigenvalue weighted by Crippen LogP contribution is 2.67. The largest absolute Gasteiger partial charge is 0.393 e. The molecule has 1 N–H and O–H groups in total. The fraction of sp³-hybridized carbons (Fsp3) is 0.885. The monoisotopic (exact) mass is 386 g/mol. The maximum Gasteiger partial charge on any atom is 0.132 e. The highest BCUT2D eigenvalue weighted by molar-refractivity contribution is 5.77. The lowest BCUT2D eigenvalue weighted by Crippen LogP contribution is -2.50. The first kappa shape index (κ1) is 20.6. The zero-order chi connectivity index (χ0) is 20.1. The van der Waals surface area contributed by atoms with Gasteiger partial charge < -0.3 is 5.11 Å². The highest BCUT2D eigenvalue weighted by atomic mass is 16.3. The summed E-state index contributed by atoms with van der Waals surface area (Å²) in [7, 11) is 0. The van der Waals surface area contributed by atoms with Crippen molar-refractivity contribution < 1.29 is 9.90 Å². The molecule has 0 unspecified atom stereocenters. The SMILES string of the molecule is CCC(=O)CC[C@@H](C)[C@H]1CC[C@H]2[C@@H]3CC=C4C[C@@H](O)CC[C@]4(C)[C@H]3CC[C@]12C. The van der Waals surface area contributed by atoms with Crippen LogP contribution in [0.1, 0.15) is 98.3 Å². The Labute approximate surface area is 172 Å². The van der Waals surface area contributed by atoms with Crippen LogP contribution in [0.4, 0.5) is 0 Å². The van der Waals surface area contributed by atoms with E-state index in [0.29, 0.717) is 29.0 Å². The number of ketones is 1. The van der Waals surface area contributed by atoms with Gasteiger partial charge in [0.05, 0.1) is 6.10 Å². The molecule has 0 bridgehead atoms. The van der Waals surface area contributed by atoms with Crippen LogP contribution in [-0.4, -0.2) is 17.0 Å². The van der Waals surface area contributed by atoms with E-state index in [1.165, 1.54) is 38.5 Å². The van der Waals surface area contributed by atoms with Crippen molar-refractivity contribution in [2.75, 3.05) is 0 Å². The van der Waals surface area contributed by atoms with E-state index in [4.69, 9.17) is 0 Å². The zero-order valence-corrected chi connectivity index (χ0v) is 18.7. The van der Waals surface area contributed by atoms with E-state index in [-0.39, 0.29) is 6.10 Å². The van der Waals surface area contributed by atoms with Crippen LogP contribution in [0.3, 0.4) is 0 Å². The minimum absolute atomic E-state index is 0.104. The van der Waals surface area contributed by atoms with E-state index in [2.05, 4.69) is 26.8 Å². The molecule has 0 aliphatic heterocycles. The van der Waals surface area contributed by atoms with Gasteiger partial charge in [0, 0.05) is 12.8 Å². The summed E-state index contributed by atoms with van der Waals surface area (Å²) in [5.74, 6) is 4.45. The van der Waals surface area contributed by atoms with Crippen molar-refractivity contribution in [3.63, 3.8) is 0 Å². The maximum absolute atomic E-state index is 11.8. The van der Waals surface area contributed by atoms with Crippen molar-refractivity contribution >= 4 is 5.78 Å². The molecule has 2 nitrogen and oxygen atoms in total. The first-order valence-electron chi connectivity index (χ1n) is 12.2. The van der Waals surface area contributed by atoms with Crippen molar-refractivity contribution in [3.05, 3.63) is 11.6 Å². The van der Waals surface area contributed by atoms with Crippen LogP contribution in [0.15, 0.2) is 11.6 Å². The molecule has 8 atom stereocenters. The van der Waals surface area contributed by atoms with Crippen molar-refractivity contribution in [3.8, 4) is 0 Å². The van der Waals surface area contributed by atoms with E-state index < -0.39 is 0 Å². The van der Waals surface area contributed by atoms with Gasteiger partial charge in [0.1, 0.15) is 5.78 Å². The van der Waals surface area contributed by atoms with Gasteiger partial charge >= 0.3 is 0 Å². The molecule has 0 aromatic rings. The molecule has 3 fully saturated rings. The Morgan fingerprint density at radius 3 is 2.71 bits per heavy atom. The first-order chi connectivity index (χ1) is 13.3. The summed E-state index contributed by atoms with van der Waals surface area (Å²) in [6.45, 7) is 9.55. The van der Waals surface area contributed by atoms with Gasteiger partial charge in [0.15, 0.2) is 0 Å². The van der Waals surface area contributed by atoms with Crippen LogP contribution in [0, 0.1) is 40.4 Å². The normalized spacial score (nSPS) is 46.2. The van der Waals surface area contributed by atoms with E-state index in [0.717, 1.165) is 49.4 Å². The Morgan fingerprint density at radius 2 is 1.96 bits per heavy atom. The van der Waals surface area contributed by atoms with Crippen molar-refractivity contribution in [1.82, 2.24) is 0 Å². The number of allylic oxidation sites excluding steroid dienone is 1. The Kier molecular flexibility index (Phi) is 5.57. The Morgan fingerprint density at radius 1 is 1.18 bits per heavy atom. The Hall–Kier alpha value is -0.630. The molecule has 4 aliphatic carbocycles. The van der Waals surface area contributed by atoms with Gasteiger partial charge in [-0.05, 0) is 98.2 Å². The smallest absolute Gasteiger partial charge is 0.132 e. The predicted octanol–water partition coefficient (Wildman–Crippen LogP) is 6.32. The van der Waals surface area contributed by atoms with Crippen molar-refractivity contribution in [2.24, 2.45) is 40.4 Å². The van der Waals surface area contributed by atoms with Gasteiger partial charge in [-0.2, -0.15) is 0 Å². The number of hydrogen-bond acceptors (Lipinski definition) is 2. The van der Waals surface area contributed by atoms with Gasteiger partial charge in [0.2, 0.25) is 0 Å². The molecule has 0 saturated heterocycles. The molecule has 0 aromatic carbocycles. The molecular weight excluding hydrogens is 344 g/mol. The summed E-state index contributed by atoms with van der Waals surface area (Å²) in [5, 5.41) is 10.2. The summed E-state index contributed by atoms with van der Waals surface area (Å²) >= 11 is 0. The summed E-state index contributed by atoms with van der Waals surface area (Å²) in [6, 6.07) is 0. The third kappa shape index (κ3) is 3.22. The molecule has 4 rings (SSSR count). The Bertz CT molecular complexity index is 636. The van der Waals surface area contributed by atoms with Crippen LogP contribution in [0.2, 0.25) is 0 Å². The van der Waals surface area contributed by atoms with Crippen molar-refractivity contribution in [1.29, 1.82) is 0 Å². The second-order valence-corrected chi connectivity index (χ2v) is 11.3. The quantitative estimate of drug-likeness (QED) is 0.561. The zero-order valence-electron chi connectivity index (χ0n) is 18.7. The van der Waals surface area contributed by atoms with Gasteiger partial charge in [-0.1, -0.05) is 39.3 Å². The summed E-state index contributed by atoms with van der Waals surface area (Å²) in [6.07, 6.45) is 14.9. The topological polar surface area (TPSA) is 37.3 Å². The number of carbonyl (C=O) groups is 1. The lowest BCUT2D eigenvalue weighted by molar-refractivity contribution is -0.119. The predicted molar refractivity (Wildman–Crippen MR) is 115 cm³/mol. The fourth-order valence-corrected chi connectivity index (χ4v) is 8.38. The number of rotatable bonds is 5. The first-order valence-corrected chi connectivity index (χ1v) is 12.2. The van der Waals surface area contributed by atoms with Crippen molar-refractivity contribution in [2.45, 2.75) is 104 Å². The van der Waals surface area contributed by atoms with E-state index in [9.17, 15) is 9.90 Å². The van der Waals surface area contributed by atoms with Crippen LogP contribution in [0.5, 0.6) is 0 Å². The second-order valence-electron chi connectivity index (χ2n) is 11.3. The van der Waals surface area contributed by atoms with E-state index >= 15 is 0 Å². The molecule has 0 spiro atoms. The third-order valence-corrected chi connectivity index (χ3v) is 10.1. The number of aliphatic hydroxyl groups is 1. The van der Waals surface area contributed by atoms with E-state index in [1.807, 2.05) is 6.92 Å². The Balaban J connectivity index is 1.51. The molecular formula is C26H42O2. The van der Waals surface area contributed by atoms with Gasteiger partial charge in [0.25, 0.3) is 0 Å². The molecule has 158 valence electrons. The molecule has 28 heavy (non-hydrogen) atoms. The average Bonchev–Trinajstić information content (AvgIpc) is 3.03. The molecule has 3 saturated carbocycles. The molecule has 0 amide bonds. The average molecular weight is 387 g/mol. The minimum atomic E-state index is -0.104. The molecule has 0 aromatic heterocycles. The standard InChI is InChI=1S/C26H42O2/c1-5-19(27)8-6-17(2)22-10-11-23-21-9-7-18-16-20(28)12-14-25(18,3)24(21)13-15-26(22,23)4/h7,17,20-24,28H,5-6,8-16H2,1-4H3/t17-,20+,21+,22-,23+,24+,25+,26-/m1/s1.